The molecule has 1 aromatic carbocycles. The number of rotatable bonds is 5. The second-order valence-electron chi connectivity index (χ2n) is 3.85. The molecule has 1 N–H and O–H groups in total. The summed E-state index contributed by atoms with van der Waals surface area (Å²) in [6.45, 7) is 2.41. The lowest BCUT2D eigenvalue weighted by atomic mass is 10.2. The van der Waals surface area contributed by atoms with Crippen molar-refractivity contribution in [3.05, 3.63) is 44.4 Å². The van der Waals surface area contributed by atoms with E-state index in [1.807, 2.05) is 6.92 Å². The van der Waals surface area contributed by atoms with E-state index in [-0.39, 0.29) is 5.69 Å². The van der Waals surface area contributed by atoms with Crippen LogP contribution in [-0.2, 0) is 6.54 Å². The molecule has 1 heterocycles. The molecule has 0 bridgehead atoms. The highest BCUT2D eigenvalue weighted by molar-refractivity contribution is 7.09. The number of hydrogen-bond donors (Lipinski definition) is 1. The van der Waals surface area contributed by atoms with Crippen LogP contribution in [-0.4, -0.2) is 17.0 Å². The fourth-order valence-corrected chi connectivity index (χ4v) is 2.33. The smallest absolute Gasteiger partial charge is 0.292 e. The molecule has 0 spiro atoms. The van der Waals surface area contributed by atoms with E-state index in [9.17, 15) is 10.1 Å². The number of aromatic nitrogens is 1. The second kappa shape index (κ2) is 5.66. The molecule has 1 aromatic heterocycles. The fourth-order valence-electron chi connectivity index (χ4n) is 1.61. The first-order valence-corrected chi connectivity index (χ1v) is 6.45. The van der Waals surface area contributed by atoms with E-state index in [1.165, 1.54) is 24.5 Å². The number of nitro benzene ring substituents is 1. The van der Waals surface area contributed by atoms with Gasteiger partial charge >= 0.3 is 0 Å². The first-order chi connectivity index (χ1) is 9.11. The summed E-state index contributed by atoms with van der Waals surface area (Å²) in [6.07, 6.45) is 0. The molecule has 2 rings (SSSR count). The largest absolute Gasteiger partial charge is 0.497 e. The van der Waals surface area contributed by atoms with Crippen molar-refractivity contribution in [2.24, 2.45) is 0 Å². The summed E-state index contributed by atoms with van der Waals surface area (Å²) in [5.74, 6) is 0.578. The highest BCUT2D eigenvalue weighted by Crippen LogP contribution is 2.29. The Morgan fingerprint density at radius 1 is 1.53 bits per heavy atom. The molecular formula is C12H13N3O3S. The van der Waals surface area contributed by atoms with E-state index in [1.54, 1.807) is 17.6 Å². The van der Waals surface area contributed by atoms with Crippen molar-refractivity contribution in [3.8, 4) is 5.75 Å². The molecule has 0 amide bonds. The Bertz CT molecular complexity index is 598. The number of ether oxygens (including phenoxy) is 1. The molecule has 0 fully saturated rings. The topological polar surface area (TPSA) is 77.3 Å². The Labute approximate surface area is 114 Å². The Kier molecular flexibility index (Phi) is 3.96. The summed E-state index contributed by atoms with van der Waals surface area (Å²) in [5, 5.41) is 14.0. The van der Waals surface area contributed by atoms with E-state index in [0.29, 0.717) is 18.0 Å². The van der Waals surface area contributed by atoms with E-state index in [0.717, 1.165) is 10.6 Å². The third-order valence-corrected chi connectivity index (χ3v) is 3.62. The second-order valence-corrected chi connectivity index (χ2v) is 4.79. The SMILES string of the molecule is COc1ccc([N+](=O)[O-])c(NCc2scnc2C)c1. The van der Waals surface area contributed by atoms with E-state index < -0.39 is 4.92 Å². The molecule has 0 radical (unpaired) electrons. The van der Waals surface area contributed by atoms with Crippen molar-refractivity contribution < 1.29 is 9.66 Å². The van der Waals surface area contributed by atoms with Crippen molar-refractivity contribution >= 4 is 22.7 Å². The third kappa shape index (κ3) is 3.00. The zero-order chi connectivity index (χ0) is 13.8. The van der Waals surface area contributed by atoms with Gasteiger partial charge in [-0.1, -0.05) is 0 Å². The zero-order valence-corrected chi connectivity index (χ0v) is 11.4. The van der Waals surface area contributed by atoms with Gasteiger partial charge in [0.15, 0.2) is 0 Å². The maximum atomic E-state index is 11.0. The molecule has 7 heteroatoms. The molecule has 0 unspecified atom stereocenters. The number of hydrogen-bond acceptors (Lipinski definition) is 6. The van der Waals surface area contributed by atoms with Crippen LogP contribution in [0.5, 0.6) is 5.75 Å². The molecule has 0 aliphatic rings. The number of benzene rings is 1. The van der Waals surface area contributed by atoms with Gasteiger partial charge in [0.1, 0.15) is 11.4 Å². The van der Waals surface area contributed by atoms with Crippen LogP contribution >= 0.6 is 11.3 Å². The lowest BCUT2D eigenvalue weighted by Crippen LogP contribution is -2.03. The molecule has 100 valence electrons. The molecule has 2 aromatic rings. The predicted molar refractivity (Wildman–Crippen MR) is 73.8 cm³/mol. The van der Waals surface area contributed by atoms with Gasteiger partial charge in [0.2, 0.25) is 0 Å². The van der Waals surface area contributed by atoms with Crippen molar-refractivity contribution in [3.63, 3.8) is 0 Å². The van der Waals surface area contributed by atoms with Crippen LogP contribution < -0.4 is 10.1 Å². The highest BCUT2D eigenvalue weighted by atomic mass is 32.1. The van der Waals surface area contributed by atoms with Crippen LogP contribution in [0.1, 0.15) is 10.6 Å². The van der Waals surface area contributed by atoms with E-state index in [4.69, 9.17) is 4.74 Å². The Morgan fingerprint density at radius 2 is 2.32 bits per heavy atom. The van der Waals surface area contributed by atoms with Crippen molar-refractivity contribution in [1.29, 1.82) is 0 Å². The zero-order valence-electron chi connectivity index (χ0n) is 10.5. The van der Waals surface area contributed by atoms with Gasteiger partial charge in [0.05, 0.1) is 29.8 Å². The summed E-state index contributed by atoms with van der Waals surface area (Å²) in [5.41, 5.74) is 3.16. The molecular weight excluding hydrogens is 266 g/mol. The molecule has 19 heavy (non-hydrogen) atoms. The maximum absolute atomic E-state index is 11.0. The van der Waals surface area contributed by atoms with Crippen LogP contribution in [0, 0.1) is 17.0 Å². The van der Waals surface area contributed by atoms with Crippen LogP contribution in [0.2, 0.25) is 0 Å². The first-order valence-electron chi connectivity index (χ1n) is 5.57. The summed E-state index contributed by atoms with van der Waals surface area (Å²) in [4.78, 5) is 15.7. The van der Waals surface area contributed by atoms with Crippen LogP contribution in [0.4, 0.5) is 11.4 Å². The molecule has 0 saturated carbocycles. The Morgan fingerprint density at radius 3 is 2.89 bits per heavy atom. The normalized spacial score (nSPS) is 10.2. The molecule has 0 atom stereocenters. The standard InChI is InChI=1S/C12H13N3O3S/c1-8-12(19-7-14-8)6-13-10-5-9(18-2)3-4-11(10)15(16)17/h3-5,7,13H,6H2,1-2H3. The van der Waals surface area contributed by atoms with Crippen LogP contribution in [0.3, 0.4) is 0 Å². The lowest BCUT2D eigenvalue weighted by Gasteiger charge is -2.08. The first kappa shape index (κ1) is 13.3. The average Bonchev–Trinajstić information content (AvgIpc) is 2.81. The third-order valence-electron chi connectivity index (χ3n) is 2.68. The number of thiazole rings is 1. The monoisotopic (exact) mass is 279 g/mol. The van der Waals surface area contributed by atoms with Crippen molar-refractivity contribution in [2.45, 2.75) is 13.5 Å². The van der Waals surface area contributed by atoms with Gasteiger partial charge in [0.25, 0.3) is 5.69 Å². The highest BCUT2D eigenvalue weighted by Gasteiger charge is 2.14. The summed E-state index contributed by atoms with van der Waals surface area (Å²) >= 11 is 1.52. The number of nitrogens with one attached hydrogen (secondary N) is 1. The van der Waals surface area contributed by atoms with Crippen molar-refractivity contribution in [2.75, 3.05) is 12.4 Å². The minimum Gasteiger partial charge on any atom is -0.497 e. The molecule has 6 nitrogen and oxygen atoms in total. The summed E-state index contributed by atoms with van der Waals surface area (Å²) in [7, 11) is 1.53. The minimum absolute atomic E-state index is 0.0305. The fraction of sp³-hybridized carbons (Fsp3) is 0.250. The lowest BCUT2D eigenvalue weighted by molar-refractivity contribution is -0.384. The van der Waals surface area contributed by atoms with Gasteiger partial charge in [-0.25, -0.2) is 4.98 Å². The number of nitro groups is 1. The van der Waals surface area contributed by atoms with Gasteiger partial charge in [-0.15, -0.1) is 11.3 Å². The number of anilines is 1. The minimum atomic E-state index is -0.415. The Balaban J connectivity index is 2.22. The number of nitrogens with zero attached hydrogens (tertiary/aromatic N) is 2. The molecule has 0 aliphatic carbocycles. The van der Waals surface area contributed by atoms with Gasteiger partial charge in [-0.3, -0.25) is 10.1 Å². The van der Waals surface area contributed by atoms with Crippen LogP contribution in [0.25, 0.3) is 0 Å². The van der Waals surface area contributed by atoms with Gasteiger partial charge in [0, 0.05) is 17.0 Å². The summed E-state index contributed by atoms with van der Waals surface area (Å²) < 4.78 is 5.08. The maximum Gasteiger partial charge on any atom is 0.292 e. The number of methoxy groups -OCH3 is 1. The van der Waals surface area contributed by atoms with E-state index in [2.05, 4.69) is 10.3 Å². The van der Waals surface area contributed by atoms with Gasteiger partial charge < -0.3 is 10.1 Å². The van der Waals surface area contributed by atoms with E-state index >= 15 is 0 Å². The van der Waals surface area contributed by atoms with Crippen LogP contribution in [0.15, 0.2) is 23.7 Å². The molecule has 0 aliphatic heterocycles. The van der Waals surface area contributed by atoms with Crippen molar-refractivity contribution in [1.82, 2.24) is 4.98 Å². The van der Waals surface area contributed by atoms with Gasteiger partial charge in [-0.05, 0) is 13.0 Å². The quantitative estimate of drug-likeness (QED) is 0.672. The molecule has 0 saturated heterocycles. The van der Waals surface area contributed by atoms with Gasteiger partial charge in [-0.2, -0.15) is 0 Å². The Hall–Kier alpha value is -2.15. The average molecular weight is 279 g/mol. The number of aryl methyl sites for hydroxylation is 1. The summed E-state index contributed by atoms with van der Waals surface area (Å²) in [6, 6.07) is 4.62. The predicted octanol–water partition coefficient (Wildman–Crippen LogP) is 2.98.